The molecule has 0 heterocycles. The van der Waals surface area contributed by atoms with E-state index in [1.165, 1.54) is 19.3 Å². The van der Waals surface area contributed by atoms with Gasteiger partial charge >= 0.3 is 0 Å². The number of hydrogen-bond acceptors (Lipinski definition) is 3. The van der Waals surface area contributed by atoms with E-state index in [4.69, 9.17) is 5.73 Å². The van der Waals surface area contributed by atoms with Crippen LogP contribution >= 0.6 is 0 Å². The van der Waals surface area contributed by atoms with Gasteiger partial charge < -0.3 is 16.4 Å². The van der Waals surface area contributed by atoms with Crippen LogP contribution in [0.15, 0.2) is 0 Å². The van der Waals surface area contributed by atoms with Crippen molar-refractivity contribution in [2.45, 2.75) is 58.3 Å². The Kier molecular flexibility index (Phi) is 7.59. The molecule has 0 radical (unpaired) electrons. The largest absolute Gasteiger partial charge is 0.356 e. The van der Waals surface area contributed by atoms with Gasteiger partial charge in [0.1, 0.15) is 0 Å². The Morgan fingerprint density at radius 1 is 1.05 bits per heavy atom. The molecule has 0 aliphatic heterocycles. The quantitative estimate of drug-likeness (QED) is 0.628. The summed E-state index contributed by atoms with van der Waals surface area (Å²) in [7, 11) is 0. The molecule has 1 aliphatic rings. The lowest BCUT2D eigenvalue weighted by Gasteiger charge is -2.35. The van der Waals surface area contributed by atoms with E-state index < -0.39 is 0 Å². The molecule has 0 aromatic heterocycles. The molecule has 2 amide bonds. The van der Waals surface area contributed by atoms with Gasteiger partial charge in [0.05, 0.1) is 0 Å². The standard InChI is InChI=1S/C15H29N3O2/c1-2-9-17-13(19)6-10-18-14(20)11-15(12-16)7-4-3-5-8-15/h2-12,16H2,1H3,(H,17,19)(H,18,20). The third kappa shape index (κ3) is 5.90. The van der Waals surface area contributed by atoms with Gasteiger partial charge in [0, 0.05) is 25.9 Å². The van der Waals surface area contributed by atoms with Gasteiger partial charge in [-0.2, -0.15) is 0 Å². The molecule has 1 saturated carbocycles. The predicted octanol–water partition coefficient (Wildman–Crippen LogP) is 1.32. The third-order valence-electron chi connectivity index (χ3n) is 4.13. The Morgan fingerprint density at radius 3 is 2.30 bits per heavy atom. The molecule has 0 aromatic rings. The summed E-state index contributed by atoms with van der Waals surface area (Å²) >= 11 is 0. The van der Waals surface area contributed by atoms with Crippen molar-refractivity contribution >= 4 is 11.8 Å². The van der Waals surface area contributed by atoms with E-state index in [9.17, 15) is 9.59 Å². The van der Waals surface area contributed by atoms with Crippen molar-refractivity contribution < 1.29 is 9.59 Å². The molecule has 116 valence electrons. The minimum Gasteiger partial charge on any atom is -0.356 e. The van der Waals surface area contributed by atoms with Crippen molar-refractivity contribution in [3.8, 4) is 0 Å². The van der Waals surface area contributed by atoms with Crippen LogP contribution in [-0.2, 0) is 9.59 Å². The number of rotatable bonds is 8. The Hall–Kier alpha value is -1.10. The topological polar surface area (TPSA) is 84.2 Å². The molecule has 0 unspecified atom stereocenters. The zero-order valence-corrected chi connectivity index (χ0v) is 12.7. The van der Waals surface area contributed by atoms with Crippen LogP contribution in [0.2, 0.25) is 0 Å². The van der Waals surface area contributed by atoms with Gasteiger partial charge in [0.15, 0.2) is 0 Å². The Morgan fingerprint density at radius 2 is 1.70 bits per heavy atom. The lowest BCUT2D eigenvalue weighted by molar-refractivity contribution is -0.124. The van der Waals surface area contributed by atoms with E-state index >= 15 is 0 Å². The fourth-order valence-corrected chi connectivity index (χ4v) is 2.83. The number of amides is 2. The molecular formula is C15H29N3O2. The number of nitrogens with two attached hydrogens (primary N) is 1. The summed E-state index contributed by atoms with van der Waals surface area (Å²) in [4.78, 5) is 23.4. The maximum Gasteiger partial charge on any atom is 0.221 e. The van der Waals surface area contributed by atoms with Crippen LogP contribution < -0.4 is 16.4 Å². The van der Waals surface area contributed by atoms with Crippen molar-refractivity contribution in [1.29, 1.82) is 0 Å². The fraction of sp³-hybridized carbons (Fsp3) is 0.867. The second-order valence-corrected chi connectivity index (χ2v) is 5.89. The second kappa shape index (κ2) is 8.95. The van der Waals surface area contributed by atoms with Crippen LogP contribution in [-0.4, -0.2) is 31.4 Å². The van der Waals surface area contributed by atoms with Gasteiger partial charge in [0.2, 0.25) is 11.8 Å². The van der Waals surface area contributed by atoms with Gasteiger partial charge in [-0.05, 0) is 31.2 Å². The number of carbonyl (C=O) groups excluding carboxylic acids is 2. The lowest BCUT2D eigenvalue weighted by Crippen LogP contribution is -2.39. The van der Waals surface area contributed by atoms with Crippen LogP contribution in [0.4, 0.5) is 0 Å². The number of hydrogen-bond donors (Lipinski definition) is 3. The molecule has 4 N–H and O–H groups in total. The van der Waals surface area contributed by atoms with E-state index in [1.807, 2.05) is 6.92 Å². The summed E-state index contributed by atoms with van der Waals surface area (Å²) in [5, 5.41) is 5.64. The molecule has 5 heteroatoms. The Labute approximate surface area is 122 Å². The van der Waals surface area contributed by atoms with Crippen LogP contribution in [0.1, 0.15) is 58.3 Å². The lowest BCUT2D eigenvalue weighted by atomic mass is 9.71. The first-order valence-electron chi connectivity index (χ1n) is 7.85. The predicted molar refractivity (Wildman–Crippen MR) is 80.1 cm³/mol. The van der Waals surface area contributed by atoms with Gasteiger partial charge in [-0.15, -0.1) is 0 Å². The number of carbonyl (C=O) groups is 2. The van der Waals surface area contributed by atoms with Gasteiger partial charge in [0.25, 0.3) is 0 Å². The van der Waals surface area contributed by atoms with Crippen molar-refractivity contribution in [1.82, 2.24) is 10.6 Å². The third-order valence-corrected chi connectivity index (χ3v) is 4.13. The Bertz CT molecular complexity index is 312. The Balaban J connectivity index is 2.23. The first kappa shape index (κ1) is 17.0. The smallest absolute Gasteiger partial charge is 0.221 e. The minimum absolute atomic E-state index is 0.00152. The average Bonchev–Trinajstić information content (AvgIpc) is 2.46. The highest BCUT2D eigenvalue weighted by Crippen LogP contribution is 2.38. The molecule has 0 atom stereocenters. The van der Waals surface area contributed by atoms with Crippen LogP contribution in [0.3, 0.4) is 0 Å². The molecule has 0 aromatic carbocycles. The number of nitrogens with one attached hydrogen (secondary N) is 2. The summed E-state index contributed by atoms with van der Waals surface area (Å²) in [5.74, 6) is 0.0268. The van der Waals surface area contributed by atoms with Crippen LogP contribution in [0, 0.1) is 5.41 Å². The summed E-state index contributed by atoms with van der Waals surface area (Å²) in [6.45, 7) is 3.70. The average molecular weight is 283 g/mol. The molecule has 5 nitrogen and oxygen atoms in total. The second-order valence-electron chi connectivity index (χ2n) is 5.89. The van der Waals surface area contributed by atoms with Gasteiger partial charge in [-0.3, -0.25) is 9.59 Å². The fourth-order valence-electron chi connectivity index (χ4n) is 2.83. The molecule has 0 saturated heterocycles. The van der Waals surface area contributed by atoms with E-state index in [2.05, 4.69) is 10.6 Å². The minimum atomic E-state index is -0.00714. The molecule has 20 heavy (non-hydrogen) atoms. The zero-order chi connectivity index (χ0) is 14.8. The van der Waals surface area contributed by atoms with E-state index in [0.29, 0.717) is 32.5 Å². The molecule has 1 aliphatic carbocycles. The highest BCUT2D eigenvalue weighted by Gasteiger charge is 2.32. The molecule has 1 fully saturated rings. The van der Waals surface area contributed by atoms with Crippen molar-refractivity contribution in [3.05, 3.63) is 0 Å². The normalized spacial score (nSPS) is 17.5. The maximum absolute atomic E-state index is 12.0. The van der Waals surface area contributed by atoms with Crippen LogP contribution in [0.25, 0.3) is 0 Å². The first-order chi connectivity index (χ1) is 9.62. The monoisotopic (exact) mass is 283 g/mol. The summed E-state index contributed by atoms with van der Waals surface area (Å²) in [6, 6.07) is 0. The summed E-state index contributed by atoms with van der Waals surface area (Å²) in [6.07, 6.45) is 7.47. The van der Waals surface area contributed by atoms with Crippen molar-refractivity contribution in [2.24, 2.45) is 11.1 Å². The SMILES string of the molecule is CCCNC(=O)CCNC(=O)CC1(CN)CCCCC1. The highest BCUT2D eigenvalue weighted by molar-refractivity contribution is 5.79. The summed E-state index contributed by atoms with van der Waals surface area (Å²) < 4.78 is 0. The highest BCUT2D eigenvalue weighted by atomic mass is 16.2. The van der Waals surface area contributed by atoms with Gasteiger partial charge in [-0.25, -0.2) is 0 Å². The molecule has 0 bridgehead atoms. The van der Waals surface area contributed by atoms with E-state index in [-0.39, 0.29) is 17.2 Å². The zero-order valence-electron chi connectivity index (χ0n) is 12.7. The van der Waals surface area contributed by atoms with Crippen molar-refractivity contribution in [2.75, 3.05) is 19.6 Å². The summed E-state index contributed by atoms with van der Waals surface area (Å²) in [5.41, 5.74) is 5.87. The van der Waals surface area contributed by atoms with Crippen molar-refractivity contribution in [3.63, 3.8) is 0 Å². The molecular weight excluding hydrogens is 254 g/mol. The van der Waals surface area contributed by atoms with E-state index in [1.54, 1.807) is 0 Å². The first-order valence-corrected chi connectivity index (χ1v) is 7.85. The van der Waals surface area contributed by atoms with E-state index in [0.717, 1.165) is 19.3 Å². The maximum atomic E-state index is 12.0. The van der Waals surface area contributed by atoms with Gasteiger partial charge in [-0.1, -0.05) is 26.2 Å². The molecule has 0 spiro atoms. The molecule has 1 rings (SSSR count). The van der Waals surface area contributed by atoms with Crippen LogP contribution in [0.5, 0.6) is 0 Å².